The summed E-state index contributed by atoms with van der Waals surface area (Å²) < 4.78 is 9.69. The van der Waals surface area contributed by atoms with Crippen LogP contribution in [0.25, 0.3) is 0 Å². The fourth-order valence-electron chi connectivity index (χ4n) is 2.42. The lowest BCUT2D eigenvalue weighted by Gasteiger charge is -2.07. The summed E-state index contributed by atoms with van der Waals surface area (Å²) in [5.74, 6) is -1.71. The van der Waals surface area contributed by atoms with Crippen molar-refractivity contribution in [2.24, 2.45) is 0 Å². The Kier molecular flexibility index (Phi) is 6.41. The van der Waals surface area contributed by atoms with Crippen LogP contribution in [0.15, 0.2) is 24.3 Å². The van der Waals surface area contributed by atoms with Gasteiger partial charge in [-0.25, -0.2) is 9.59 Å². The predicted molar refractivity (Wildman–Crippen MR) is 95.2 cm³/mol. The zero-order valence-corrected chi connectivity index (χ0v) is 15.4. The number of carbonyl (C=O) groups excluding carboxylic acids is 3. The molecule has 0 atom stereocenters. The van der Waals surface area contributed by atoms with Crippen LogP contribution in [0.4, 0.5) is 0 Å². The van der Waals surface area contributed by atoms with Crippen molar-refractivity contribution in [3.63, 3.8) is 0 Å². The second-order valence-corrected chi connectivity index (χ2v) is 6.03. The maximum Gasteiger partial charge on any atom is 0.355 e. The number of carbonyl (C=O) groups is 3. The summed E-state index contributed by atoms with van der Waals surface area (Å²) >= 11 is 5.79. The van der Waals surface area contributed by atoms with Gasteiger partial charge in [-0.05, 0) is 37.1 Å². The van der Waals surface area contributed by atoms with Crippen LogP contribution in [-0.2, 0) is 20.8 Å². The summed E-state index contributed by atoms with van der Waals surface area (Å²) in [6, 6.07) is 7.01. The number of methoxy groups -OCH3 is 1. The SMILES string of the molecule is COC(=O)c1c(C)[nH]c(C(=O)OCC(=O)NCc2ccc(Cl)cc2)c1C. The van der Waals surface area contributed by atoms with Crippen molar-refractivity contribution in [3.8, 4) is 0 Å². The lowest BCUT2D eigenvalue weighted by Crippen LogP contribution is -2.28. The van der Waals surface area contributed by atoms with E-state index in [0.717, 1.165) is 5.56 Å². The third-order valence-electron chi connectivity index (χ3n) is 3.77. The fourth-order valence-corrected chi connectivity index (χ4v) is 2.55. The average molecular weight is 379 g/mol. The van der Waals surface area contributed by atoms with Gasteiger partial charge in [-0.15, -0.1) is 0 Å². The number of halogens is 1. The van der Waals surface area contributed by atoms with Gasteiger partial charge in [0.15, 0.2) is 6.61 Å². The molecule has 1 heterocycles. The monoisotopic (exact) mass is 378 g/mol. The van der Waals surface area contributed by atoms with Crippen LogP contribution in [0, 0.1) is 13.8 Å². The van der Waals surface area contributed by atoms with Crippen LogP contribution in [0.2, 0.25) is 5.02 Å². The molecular weight excluding hydrogens is 360 g/mol. The number of aromatic nitrogens is 1. The molecule has 0 bridgehead atoms. The Labute approximate surface area is 155 Å². The largest absolute Gasteiger partial charge is 0.465 e. The second-order valence-electron chi connectivity index (χ2n) is 5.60. The van der Waals surface area contributed by atoms with E-state index in [4.69, 9.17) is 16.3 Å². The van der Waals surface area contributed by atoms with E-state index in [1.54, 1.807) is 38.1 Å². The number of ether oxygens (including phenoxy) is 2. The summed E-state index contributed by atoms with van der Waals surface area (Å²) in [6.45, 7) is 3.11. The van der Waals surface area contributed by atoms with Crippen molar-refractivity contribution in [2.75, 3.05) is 13.7 Å². The molecule has 1 aromatic heterocycles. The normalized spacial score (nSPS) is 10.3. The van der Waals surface area contributed by atoms with Gasteiger partial charge in [0.05, 0.1) is 12.7 Å². The molecule has 0 radical (unpaired) electrons. The second kappa shape index (κ2) is 8.53. The number of aryl methyl sites for hydroxylation is 1. The minimum absolute atomic E-state index is 0.119. The number of aromatic amines is 1. The van der Waals surface area contributed by atoms with Crippen LogP contribution >= 0.6 is 11.6 Å². The Hall–Kier alpha value is -2.80. The van der Waals surface area contributed by atoms with E-state index in [1.165, 1.54) is 7.11 Å². The van der Waals surface area contributed by atoms with E-state index >= 15 is 0 Å². The molecule has 2 N–H and O–H groups in total. The number of hydrogen-bond acceptors (Lipinski definition) is 5. The van der Waals surface area contributed by atoms with Gasteiger partial charge in [0, 0.05) is 17.3 Å². The van der Waals surface area contributed by atoms with Gasteiger partial charge in [0.2, 0.25) is 0 Å². The van der Waals surface area contributed by atoms with Gasteiger partial charge >= 0.3 is 11.9 Å². The van der Waals surface area contributed by atoms with E-state index < -0.39 is 24.5 Å². The van der Waals surface area contributed by atoms with Gasteiger partial charge in [-0.1, -0.05) is 23.7 Å². The number of esters is 2. The third-order valence-corrected chi connectivity index (χ3v) is 4.02. The standard InChI is InChI=1S/C18H19ClN2O5/c1-10-15(17(23)25-3)11(2)21-16(10)18(24)26-9-14(22)20-8-12-4-6-13(19)7-5-12/h4-7,21H,8-9H2,1-3H3,(H,20,22). The number of amides is 1. The minimum Gasteiger partial charge on any atom is -0.465 e. The Bertz CT molecular complexity index is 827. The Morgan fingerprint density at radius 1 is 1.12 bits per heavy atom. The number of nitrogens with one attached hydrogen (secondary N) is 2. The molecular formula is C18H19ClN2O5. The van der Waals surface area contributed by atoms with Crippen LogP contribution in [0.3, 0.4) is 0 Å². The smallest absolute Gasteiger partial charge is 0.355 e. The molecule has 1 aromatic carbocycles. The first kappa shape index (κ1) is 19.5. The number of rotatable bonds is 6. The molecule has 8 heteroatoms. The molecule has 2 aromatic rings. The highest BCUT2D eigenvalue weighted by molar-refractivity contribution is 6.30. The minimum atomic E-state index is -0.720. The molecule has 138 valence electrons. The Morgan fingerprint density at radius 2 is 1.77 bits per heavy atom. The molecule has 0 aliphatic heterocycles. The zero-order valence-electron chi connectivity index (χ0n) is 14.6. The number of H-pyrrole nitrogens is 1. The Morgan fingerprint density at radius 3 is 2.38 bits per heavy atom. The van der Waals surface area contributed by atoms with Gasteiger partial charge in [0.25, 0.3) is 5.91 Å². The van der Waals surface area contributed by atoms with Gasteiger partial charge in [-0.3, -0.25) is 4.79 Å². The van der Waals surface area contributed by atoms with E-state index in [2.05, 4.69) is 15.0 Å². The van der Waals surface area contributed by atoms with E-state index in [9.17, 15) is 14.4 Å². The first-order valence-electron chi connectivity index (χ1n) is 7.79. The van der Waals surface area contributed by atoms with Crippen molar-refractivity contribution >= 4 is 29.4 Å². The van der Waals surface area contributed by atoms with Gasteiger partial charge in [0.1, 0.15) is 5.69 Å². The van der Waals surface area contributed by atoms with Gasteiger partial charge < -0.3 is 19.8 Å². The quantitative estimate of drug-likeness (QED) is 0.753. The lowest BCUT2D eigenvalue weighted by atomic mass is 10.1. The predicted octanol–water partition coefficient (Wildman–Crippen LogP) is 2.54. The van der Waals surface area contributed by atoms with E-state index in [0.29, 0.717) is 22.8 Å². The molecule has 0 aliphatic carbocycles. The molecule has 0 saturated carbocycles. The average Bonchev–Trinajstić information content (AvgIpc) is 2.93. The van der Waals surface area contributed by atoms with Crippen molar-refractivity contribution in [1.82, 2.24) is 10.3 Å². The summed E-state index contributed by atoms with van der Waals surface area (Å²) in [4.78, 5) is 38.5. The highest BCUT2D eigenvalue weighted by Gasteiger charge is 2.23. The molecule has 2 rings (SSSR count). The molecule has 0 fully saturated rings. The van der Waals surface area contributed by atoms with E-state index in [1.807, 2.05) is 0 Å². The van der Waals surface area contributed by atoms with Crippen LogP contribution in [0.5, 0.6) is 0 Å². The molecule has 0 aliphatic rings. The van der Waals surface area contributed by atoms with Crippen molar-refractivity contribution in [1.29, 1.82) is 0 Å². The molecule has 0 saturated heterocycles. The first-order valence-corrected chi connectivity index (χ1v) is 8.17. The summed E-state index contributed by atoms with van der Waals surface area (Å²) in [5, 5.41) is 3.25. The maximum atomic E-state index is 12.2. The lowest BCUT2D eigenvalue weighted by molar-refractivity contribution is -0.124. The molecule has 7 nitrogen and oxygen atoms in total. The van der Waals surface area contributed by atoms with Crippen molar-refractivity contribution in [2.45, 2.75) is 20.4 Å². The summed E-state index contributed by atoms with van der Waals surface area (Å²) in [5.41, 5.74) is 2.18. The Balaban J connectivity index is 1.91. The zero-order chi connectivity index (χ0) is 19.3. The highest BCUT2D eigenvalue weighted by Crippen LogP contribution is 2.19. The van der Waals surface area contributed by atoms with Gasteiger partial charge in [-0.2, -0.15) is 0 Å². The number of benzene rings is 1. The fraction of sp³-hybridized carbons (Fsp3) is 0.278. The van der Waals surface area contributed by atoms with Crippen LogP contribution < -0.4 is 5.32 Å². The summed E-state index contributed by atoms with van der Waals surface area (Å²) in [6.07, 6.45) is 0. The number of hydrogen-bond donors (Lipinski definition) is 2. The molecule has 0 spiro atoms. The molecule has 0 unspecified atom stereocenters. The maximum absolute atomic E-state index is 12.2. The third kappa shape index (κ3) is 4.64. The van der Waals surface area contributed by atoms with Crippen LogP contribution in [-0.4, -0.2) is 36.5 Å². The first-order chi connectivity index (χ1) is 12.3. The summed E-state index contributed by atoms with van der Waals surface area (Å²) in [7, 11) is 1.26. The van der Waals surface area contributed by atoms with Crippen molar-refractivity contribution in [3.05, 3.63) is 57.4 Å². The highest BCUT2D eigenvalue weighted by atomic mass is 35.5. The van der Waals surface area contributed by atoms with Crippen LogP contribution in [0.1, 0.15) is 37.7 Å². The van der Waals surface area contributed by atoms with E-state index in [-0.39, 0.29) is 11.3 Å². The molecule has 1 amide bonds. The topological polar surface area (TPSA) is 97.5 Å². The molecule has 26 heavy (non-hydrogen) atoms. The van der Waals surface area contributed by atoms with Crippen molar-refractivity contribution < 1.29 is 23.9 Å².